The summed E-state index contributed by atoms with van der Waals surface area (Å²) in [5.41, 5.74) is 6.69. The van der Waals surface area contributed by atoms with Crippen molar-refractivity contribution < 1.29 is 19.0 Å². The standard InChI is InChI=1S/C17H16BrClN2O4/c1-3-24-17(22)15-13(7-19)25-16(21)11(8-20)14(15)10-6-9(18)4-5-12(10)23-2/h4-6,14H,3,7,21H2,1-2H3. The summed E-state index contributed by atoms with van der Waals surface area (Å²) >= 11 is 9.33. The van der Waals surface area contributed by atoms with Crippen LogP contribution in [0, 0.1) is 11.3 Å². The highest BCUT2D eigenvalue weighted by Gasteiger charge is 2.38. The van der Waals surface area contributed by atoms with Crippen molar-refractivity contribution in [3.63, 3.8) is 0 Å². The van der Waals surface area contributed by atoms with E-state index in [2.05, 4.69) is 15.9 Å². The smallest absolute Gasteiger partial charge is 0.338 e. The predicted octanol–water partition coefficient (Wildman–Crippen LogP) is 3.32. The molecule has 0 amide bonds. The van der Waals surface area contributed by atoms with Gasteiger partial charge in [-0.3, -0.25) is 0 Å². The minimum atomic E-state index is -0.806. The van der Waals surface area contributed by atoms with E-state index in [0.29, 0.717) is 11.3 Å². The van der Waals surface area contributed by atoms with Crippen LogP contribution >= 0.6 is 27.5 Å². The zero-order valence-electron chi connectivity index (χ0n) is 13.6. The number of esters is 1. The van der Waals surface area contributed by atoms with Crippen LogP contribution in [0.25, 0.3) is 0 Å². The Bertz CT molecular complexity index is 798. The van der Waals surface area contributed by atoms with E-state index in [4.69, 9.17) is 31.5 Å². The van der Waals surface area contributed by atoms with Crippen LogP contribution in [-0.4, -0.2) is 25.6 Å². The highest BCUT2D eigenvalue weighted by Crippen LogP contribution is 2.44. The van der Waals surface area contributed by atoms with Gasteiger partial charge in [0.05, 0.1) is 31.1 Å². The van der Waals surface area contributed by atoms with Crippen molar-refractivity contribution in [3.8, 4) is 11.8 Å². The molecule has 0 spiro atoms. The Morgan fingerprint density at radius 1 is 1.52 bits per heavy atom. The second-order valence-electron chi connectivity index (χ2n) is 5.00. The van der Waals surface area contributed by atoms with Gasteiger partial charge in [-0.05, 0) is 25.1 Å². The topological polar surface area (TPSA) is 94.6 Å². The number of methoxy groups -OCH3 is 1. The van der Waals surface area contributed by atoms with E-state index in [1.807, 2.05) is 6.07 Å². The molecule has 0 aromatic heterocycles. The van der Waals surface area contributed by atoms with Crippen molar-refractivity contribution >= 4 is 33.5 Å². The van der Waals surface area contributed by atoms with Crippen molar-refractivity contribution in [2.45, 2.75) is 12.8 Å². The molecule has 0 saturated carbocycles. The molecule has 1 aliphatic rings. The van der Waals surface area contributed by atoms with E-state index in [1.165, 1.54) is 7.11 Å². The number of halogens is 2. The highest BCUT2D eigenvalue weighted by molar-refractivity contribution is 9.10. The second-order valence-corrected chi connectivity index (χ2v) is 6.18. The summed E-state index contributed by atoms with van der Waals surface area (Å²) in [7, 11) is 1.50. The van der Waals surface area contributed by atoms with Crippen LogP contribution in [0.3, 0.4) is 0 Å². The molecule has 0 saturated heterocycles. The number of alkyl halides is 1. The molecule has 0 aliphatic carbocycles. The van der Waals surface area contributed by atoms with Gasteiger partial charge in [0.15, 0.2) is 0 Å². The van der Waals surface area contributed by atoms with Crippen LogP contribution in [0.1, 0.15) is 18.4 Å². The number of rotatable bonds is 5. The fraction of sp³-hybridized carbons (Fsp3) is 0.294. The lowest BCUT2D eigenvalue weighted by molar-refractivity contribution is -0.139. The Morgan fingerprint density at radius 3 is 2.80 bits per heavy atom. The first-order chi connectivity index (χ1) is 12.0. The number of hydrogen-bond donors (Lipinski definition) is 1. The van der Waals surface area contributed by atoms with Crippen molar-refractivity contribution in [1.82, 2.24) is 0 Å². The van der Waals surface area contributed by atoms with Crippen LogP contribution in [0.5, 0.6) is 5.75 Å². The molecule has 132 valence electrons. The third-order valence-corrected chi connectivity index (χ3v) is 4.35. The number of hydrogen-bond acceptors (Lipinski definition) is 6. The van der Waals surface area contributed by atoms with E-state index in [9.17, 15) is 10.1 Å². The average Bonchev–Trinajstić information content (AvgIpc) is 2.60. The van der Waals surface area contributed by atoms with Gasteiger partial charge in [0.2, 0.25) is 5.88 Å². The van der Waals surface area contributed by atoms with Crippen LogP contribution in [-0.2, 0) is 14.3 Å². The highest BCUT2D eigenvalue weighted by atomic mass is 79.9. The largest absolute Gasteiger partial charge is 0.496 e. The van der Waals surface area contributed by atoms with Gasteiger partial charge in [-0.1, -0.05) is 15.9 Å². The lowest BCUT2D eigenvalue weighted by atomic mass is 9.82. The molecule has 1 aliphatic heterocycles. The number of carbonyl (C=O) groups is 1. The lowest BCUT2D eigenvalue weighted by Crippen LogP contribution is -2.27. The van der Waals surface area contributed by atoms with Crippen LogP contribution < -0.4 is 10.5 Å². The molecular weight excluding hydrogens is 412 g/mol. The van der Waals surface area contributed by atoms with Crippen LogP contribution in [0.2, 0.25) is 0 Å². The Labute approximate surface area is 158 Å². The molecule has 0 fully saturated rings. The first-order valence-electron chi connectivity index (χ1n) is 7.35. The van der Waals surface area contributed by atoms with E-state index in [0.717, 1.165) is 4.47 Å². The minimum absolute atomic E-state index is 0.0910. The molecule has 1 atom stereocenters. The van der Waals surface area contributed by atoms with Gasteiger partial charge in [-0.25, -0.2) is 4.79 Å². The third kappa shape index (κ3) is 3.75. The van der Waals surface area contributed by atoms with Gasteiger partial charge in [-0.15, -0.1) is 11.6 Å². The Hall–Kier alpha value is -2.17. The summed E-state index contributed by atoms with van der Waals surface area (Å²) in [6.45, 7) is 1.86. The molecule has 1 aromatic rings. The summed E-state index contributed by atoms with van der Waals surface area (Å²) in [6.07, 6.45) is 0. The van der Waals surface area contributed by atoms with Gasteiger partial charge in [-0.2, -0.15) is 5.26 Å². The molecule has 2 N–H and O–H groups in total. The quantitative estimate of drug-likeness (QED) is 0.572. The molecule has 2 rings (SSSR count). The number of benzene rings is 1. The van der Waals surface area contributed by atoms with E-state index in [1.54, 1.807) is 25.1 Å². The number of nitriles is 1. The van der Waals surface area contributed by atoms with Crippen molar-refractivity contribution in [1.29, 1.82) is 5.26 Å². The van der Waals surface area contributed by atoms with Crippen LogP contribution in [0.4, 0.5) is 0 Å². The van der Waals surface area contributed by atoms with Crippen molar-refractivity contribution in [2.24, 2.45) is 5.73 Å². The molecule has 25 heavy (non-hydrogen) atoms. The van der Waals surface area contributed by atoms with Crippen molar-refractivity contribution in [3.05, 3.63) is 51.0 Å². The molecule has 0 bridgehead atoms. The number of nitrogens with two attached hydrogens (primary N) is 1. The Morgan fingerprint density at radius 2 is 2.24 bits per heavy atom. The normalized spacial score (nSPS) is 17.0. The minimum Gasteiger partial charge on any atom is -0.496 e. The molecule has 1 aromatic carbocycles. The van der Waals surface area contributed by atoms with Gasteiger partial charge in [0.25, 0.3) is 0 Å². The SMILES string of the molecule is CCOC(=O)C1=C(CCl)OC(N)=C(C#N)C1c1cc(Br)ccc1OC. The molecule has 8 heteroatoms. The molecule has 6 nitrogen and oxygen atoms in total. The first-order valence-corrected chi connectivity index (χ1v) is 8.68. The zero-order valence-corrected chi connectivity index (χ0v) is 16.0. The fourth-order valence-corrected chi connectivity index (χ4v) is 3.17. The molecule has 1 heterocycles. The van der Waals surface area contributed by atoms with E-state index >= 15 is 0 Å². The van der Waals surface area contributed by atoms with E-state index < -0.39 is 11.9 Å². The van der Waals surface area contributed by atoms with E-state index in [-0.39, 0.29) is 35.3 Å². The average molecular weight is 428 g/mol. The summed E-state index contributed by atoms with van der Waals surface area (Å²) in [6, 6.07) is 7.29. The summed E-state index contributed by atoms with van der Waals surface area (Å²) in [5, 5.41) is 9.59. The van der Waals surface area contributed by atoms with Gasteiger partial charge >= 0.3 is 5.97 Å². The molecular formula is C17H16BrClN2O4. The number of nitrogens with zero attached hydrogens (tertiary/aromatic N) is 1. The predicted molar refractivity (Wildman–Crippen MR) is 95.7 cm³/mol. The number of carbonyl (C=O) groups excluding carboxylic acids is 1. The maximum absolute atomic E-state index is 12.6. The second kappa shape index (κ2) is 8.28. The van der Waals surface area contributed by atoms with Crippen LogP contribution in [0.15, 0.2) is 45.5 Å². The third-order valence-electron chi connectivity index (χ3n) is 3.62. The van der Waals surface area contributed by atoms with Crippen molar-refractivity contribution in [2.75, 3.05) is 19.6 Å². The van der Waals surface area contributed by atoms with Gasteiger partial charge in [0.1, 0.15) is 23.2 Å². The molecule has 0 radical (unpaired) electrons. The van der Waals surface area contributed by atoms with Gasteiger partial charge < -0.3 is 19.9 Å². The summed E-state index contributed by atoms with van der Waals surface area (Å²) < 4.78 is 16.7. The zero-order chi connectivity index (χ0) is 18.6. The first kappa shape index (κ1) is 19.2. The Kier molecular flexibility index (Phi) is 6.34. The maximum Gasteiger partial charge on any atom is 0.338 e. The maximum atomic E-state index is 12.6. The lowest BCUT2D eigenvalue weighted by Gasteiger charge is -2.28. The molecule has 1 unspecified atom stereocenters. The van der Waals surface area contributed by atoms with Gasteiger partial charge in [0, 0.05) is 10.0 Å². The summed E-state index contributed by atoms with van der Waals surface area (Å²) in [5.74, 6) is -0.974. The Balaban J connectivity index is 2.76. The number of allylic oxidation sites excluding steroid dienone is 2. The fourth-order valence-electron chi connectivity index (χ4n) is 2.59. The summed E-state index contributed by atoms with van der Waals surface area (Å²) in [4.78, 5) is 12.6. The monoisotopic (exact) mass is 426 g/mol. The number of ether oxygens (including phenoxy) is 3.